The smallest absolute Gasteiger partial charge is 0.244 e. The van der Waals surface area contributed by atoms with Gasteiger partial charge in [-0.3, -0.25) is 9.59 Å². The van der Waals surface area contributed by atoms with Crippen molar-refractivity contribution in [2.75, 3.05) is 25.0 Å². The predicted molar refractivity (Wildman–Crippen MR) is 103 cm³/mol. The maximum absolute atomic E-state index is 13.7. The van der Waals surface area contributed by atoms with Gasteiger partial charge in [0.2, 0.25) is 11.8 Å². The number of carbonyl (C=O) groups is 2. The van der Waals surface area contributed by atoms with E-state index >= 15 is 0 Å². The lowest BCUT2D eigenvalue weighted by atomic mass is 10.2. The van der Waals surface area contributed by atoms with Crippen LogP contribution in [0, 0.1) is 23.3 Å². The van der Waals surface area contributed by atoms with E-state index in [-0.39, 0.29) is 32.0 Å². The highest BCUT2D eigenvalue weighted by molar-refractivity contribution is 5.94. The molecule has 0 atom stereocenters. The fraction of sp³-hybridized carbons (Fsp3) is 0.333. The van der Waals surface area contributed by atoms with Crippen LogP contribution in [0.1, 0.15) is 26.2 Å². The number of ether oxygens (including phenoxy) is 1. The Morgan fingerprint density at radius 3 is 2.53 bits per heavy atom. The van der Waals surface area contributed by atoms with E-state index in [1.165, 1.54) is 23.1 Å². The Morgan fingerprint density at radius 2 is 1.83 bits per heavy atom. The standard InChI is InChI=1S/C21H22F4N2O3/c1-2-10-27(13-18(28)26-17-9-8-16(23)20(24)21(17)25)19(29)7-4-11-30-15-6-3-5-14(22)12-15/h3,5-6,8-9,12H,2,4,7,10-11,13H2,1H3,(H,26,28). The van der Waals surface area contributed by atoms with E-state index in [1.54, 1.807) is 6.07 Å². The Labute approximate surface area is 171 Å². The van der Waals surface area contributed by atoms with Crippen molar-refractivity contribution in [2.45, 2.75) is 26.2 Å². The summed E-state index contributed by atoms with van der Waals surface area (Å²) in [6.07, 6.45) is 1.01. The zero-order valence-electron chi connectivity index (χ0n) is 16.4. The first kappa shape index (κ1) is 23.2. The summed E-state index contributed by atoms with van der Waals surface area (Å²) in [6, 6.07) is 7.22. The van der Waals surface area contributed by atoms with E-state index in [9.17, 15) is 27.2 Å². The molecule has 0 saturated carbocycles. The summed E-state index contributed by atoms with van der Waals surface area (Å²) in [4.78, 5) is 25.8. The fourth-order valence-corrected chi connectivity index (χ4v) is 2.68. The fourth-order valence-electron chi connectivity index (χ4n) is 2.68. The van der Waals surface area contributed by atoms with Gasteiger partial charge in [-0.2, -0.15) is 0 Å². The van der Waals surface area contributed by atoms with Crippen molar-refractivity contribution < 1.29 is 31.9 Å². The third-order valence-electron chi connectivity index (χ3n) is 4.09. The minimum Gasteiger partial charge on any atom is -0.493 e. The molecule has 5 nitrogen and oxygen atoms in total. The third kappa shape index (κ3) is 6.75. The summed E-state index contributed by atoms with van der Waals surface area (Å²) in [5, 5.41) is 2.14. The van der Waals surface area contributed by atoms with Gasteiger partial charge in [-0.1, -0.05) is 13.0 Å². The maximum Gasteiger partial charge on any atom is 0.244 e. The summed E-state index contributed by atoms with van der Waals surface area (Å²) in [5.74, 6) is -5.70. The summed E-state index contributed by atoms with van der Waals surface area (Å²) < 4.78 is 58.4. The SMILES string of the molecule is CCCN(CC(=O)Nc1ccc(F)c(F)c1F)C(=O)CCCOc1cccc(F)c1. The lowest BCUT2D eigenvalue weighted by Gasteiger charge is -2.22. The Bertz CT molecular complexity index is 893. The van der Waals surface area contributed by atoms with E-state index in [4.69, 9.17) is 4.74 Å². The van der Waals surface area contributed by atoms with Crippen molar-refractivity contribution in [3.8, 4) is 5.75 Å². The number of carbonyl (C=O) groups excluding carboxylic acids is 2. The van der Waals surface area contributed by atoms with Crippen molar-refractivity contribution in [1.29, 1.82) is 0 Å². The van der Waals surface area contributed by atoms with Crippen LogP contribution in [0.4, 0.5) is 23.2 Å². The Balaban J connectivity index is 1.85. The van der Waals surface area contributed by atoms with Gasteiger partial charge in [0, 0.05) is 19.0 Å². The molecule has 162 valence electrons. The average Bonchev–Trinajstić information content (AvgIpc) is 2.71. The summed E-state index contributed by atoms with van der Waals surface area (Å²) in [7, 11) is 0. The zero-order chi connectivity index (χ0) is 22.1. The average molecular weight is 426 g/mol. The summed E-state index contributed by atoms with van der Waals surface area (Å²) >= 11 is 0. The first-order chi connectivity index (χ1) is 14.3. The van der Waals surface area contributed by atoms with Gasteiger partial charge in [0.1, 0.15) is 11.6 Å². The number of benzene rings is 2. The Morgan fingerprint density at radius 1 is 1.07 bits per heavy atom. The van der Waals surface area contributed by atoms with Gasteiger partial charge in [0.25, 0.3) is 0 Å². The molecular formula is C21H22F4N2O3. The summed E-state index contributed by atoms with van der Waals surface area (Å²) in [5.41, 5.74) is -0.508. The van der Waals surface area contributed by atoms with E-state index in [0.29, 0.717) is 24.7 Å². The van der Waals surface area contributed by atoms with Crippen molar-refractivity contribution in [3.63, 3.8) is 0 Å². The van der Waals surface area contributed by atoms with Crippen molar-refractivity contribution in [2.24, 2.45) is 0 Å². The zero-order valence-corrected chi connectivity index (χ0v) is 16.4. The molecule has 2 amide bonds. The van der Waals surface area contributed by atoms with Crippen LogP contribution < -0.4 is 10.1 Å². The van der Waals surface area contributed by atoms with Crippen LogP contribution in [0.15, 0.2) is 36.4 Å². The van der Waals surface area contributed by atoms with Crippen LogP contribution in [0.5, 0.6) is 5.75 Å². The molecule has 0 radical (unpaired) electrons. The van der Waals surface area contributed by atoms with Crippen molar-refractivity contribution >= 4 is 17.5 Å². The Kier molecular flexibility index (Phi) is 8.64. The van der Waals surface area contributed by atoms with E-state index in [1.807, 2.05) is 6.92 Å². The molecule has 0 aromatic heterocycles. The molecule has 0 fully saturated rings. The molecule has 2 rings (SSSR count). The van der Waals surface area contributed by atoms with E-state index in [0.717, 1.165) is 6.07 Å². The topological polar surface area (TPSA) is 58.6 Å². The van der Waals surface area contributed by atoms with Gasteiger partial charge in [-0.15, -0.1) is 0 Å². The summed E-state index contributed by atoms with van der Waals surface area (Å²) in [6.45, 7) is 1.93. The van der Waals surface area contributed by atoms with Crippen LogP contribution in [0.3, 0.4) is 0 Å². The molecular weight excluding hydrogens is 404 g/mol. The number of amides is 2. The van der Waals surface area contributed by atoms with Gasteiger partial charge in [-0.25, -0.2) is 17.6 Å². The van der Waals surface area contributed by atoms with Crippen LogP contribution in [0.2, 0.25) is 0 Å². The van der Waals surface area contributed by atoms with Crippen LogP contribution >= 0.6 is 0 Å². The molecule has 0 spiro atoms. The number of hydrogen-bond acceptors (Lipinski definition) is 3. The van der Waals surface area contributed by atoms with Gasteiger partial charge in [0.05, 0.1) is 18.8 Å². The van der Waals surface area contributed by atoms with Gasteiger partial charge >= 0.3 is 0 Å². The molecule has 0 unspecified atom stereocenters. The largest absolute Gasteiger partial charge is 0.493 e. The van der Waals surface area contributed by atoms with Gasteiger partial charge < -0.3 is 15.0 Å². The molecule has 0 bridgehead atoms. The van der Waals surface area contributed by atoms with Crippen molar-refractivity contribution in [3.05, 3.63) is 59.7 Å². The number of nitrogens with zero attached hydrogens (tertiary/aromatic N) is 1. The highest BCUT2D eigenvalue weighted by Gasteiger charge is 2.19. The normalized spacial score (nSPS) is 10.6. The highest BCUT2D eigenvalue weighted by atomic mass is 19.2. The monoisotopic (exact) mass is 426 g/mol. The van der Waals surface area contributed by atoms with Gasteiger partial charge in [-0.05, 0) is 37.1 Å². The van der Waals surface area contributed by atoms with Crippen LogP contribution in [-0.2, 0) is 9.59 Å². The molecule has 0 aliphatic carbocycles. The molecule has 0 heterocycles. The second-order valence-corrected chi connectivity index (χ2v) is 6.50. The minimum atomic E-state index is -1.69. The Hall–Kier alpha value is -3.10. The van der Waals surface area contributed by atoms with E-state index < -0.39 is 34.9 Å². The number of anilines is 1. The number of nitrogens with one attached hydrogen (secondary N) is 1. The molecule has 9 heteroatoms. The molecule has 1 N–H and O–H groups in total. The second kappa shape index (κ2) is 11.2. The first-order valence-corrected chi connectivity index (χ1v) is 9.41. The van der Waals surface area contributed by atoms with Crippen molar-refractivity contribution in [1.82, 2.24) is 4.90 Å². The lowest BCUT2D eigenvalue weighted by Crippen LogP contribution is -2.38. The third-order valence-corrected chi connectivity index (χ3v) is 4.09. The van der Waals surface area contributed by atoms with Gasteiger partial charge in [0.15, 0.2) is 17.5 Å². The predicted octanol–water partition coefficient (Wildman–Crippen LogP) is 4.28. The van der Waals surface area contributed by atoms with E-state index in [2.05, 4.69) is 5.32 Å². The molecule has 0 saturated heterocycles. The van der Waals surface area contributed by atoms with Crippen LogP contribution in [-0.4, -0.2) is 36.4 Å². The molecule has 2 aromatic carbocycles. The minimum absolute atomic E-state index is 0.0854. The second-order valence-electron chi connectivity index (χ2n) is 6.50. The number of rotatable bonds is 10. The van der Waals surface area contributed by atoms with Crippen LogP contribution in [0.25, 0.3) is 0 Å². The number of halogens is 4. The number of hydrogen-bond donors (Lipinski definition) is 1. The molecule has 30 heavy (non-hydrogen) atoms. The maximum atomic E-state index is 13.7. The lowest BCUT2D eigenvalue weighted by molar-refractivity contribution is -0.134. The molecule has 2 aromatic rings. The molecule has 0 aliphatic rings. The quantitative estimate of drug-likeness (QED) is 0.351. The highest BCUT2D eigenvalue weighted by Crippen LogP contribution is 2.19. The first-order valence-electron chi connectivity index (χ1n) is 9.41. The molecule has 0 aliphatic heterocycles.